The molecule has 1 fully saturated rings. The van der Waals surface area contributed by atoms with Crippen molar-refractivity contribution in [2.45, 2.75) is 58.5 Å². The molecule has 1 saturated carbocycles. The molecule has 9 heteroatoms. The highest BCUT2D eigenvalue weighted by Gasteiger charge is 2.26. The van der Waals surface area contributed by atoms with Gasteiger partial charge in [0, 0.05) is 24.0 Å². The van der Waals surface area contributed by atoms with Crippen LogP contribution in [0.3, 0.4) is 0 Å². The molecule has 0 saturated heterocycles. The second kappa shape index (κ2) is 8.17. The van der Waals surface area contributed by atoms with E-state index in [0.29, 0.717) is 11.5 Å². The zero-order chi connectivity index (χ0) is 21.3. The van der Waals surface area contributed by atoms with E-state index < -0.39 is 0 Å². The van der Waals surface area contributed by atoms with Gasteiger partial charge in [-0.3, -0.25) is 14.6 Å². The molecule has 4 rings (SSSR count). The maximum Gasteiger partial charge on any atom is 0.271 e. The van der Waals surface area contributed by atoms with Crippen molar-refractivity contribution >= 4 is 5.91 Å². The fourth-order valence-electron chi connectivity index (χ4n) is 3.88. The van der Waals surface area contributed by atoms with Crippen LogP contribution < -0.4 is 10.9 Å². The van der Waals surface area contributed by atoms with Crippen molar-refractivity contribution in [1.29, 1.82) is 0 Å². The summed E-state index contributed by atoms with van der Waals surface area (Å²) >= 11 is 0. The predicted molar refractivity (Wildman–Crippen MR) is 111 cm³/mol. The minimum Gasteiger partial charge on any atom is -0.348 e. The molecule has 3 aromatic heterocycles. The molecule has 156 valence electrons. The van der Waals surface area contributed by atoms with Crippen LogP contribution in [0.5, 0.6) is 0 Å². The molecule has 1 amide bonds. The van der Waals surface area contributed by atoms with Crippen LogP contribution in [0.1, 0.15) is 59.3 Å². The van der Waals surface area contributed by atoms with Gasteiger partial charge in [-0.25, -0.2) is 14.3 Å². The minimum atomic E-state index is -0.215. The maximum absolute atomic E-state index is 12.4. The van der Waals surface area contributed by atoms with Crippen molar-refractivity contribution < 1.29 is 4.79 Å². The van der Waals surface area contributed by atoms with Gasteiger partial charge < -0.3 is 5.32 Å². The van der Waals surface area contributed by atoms with Crippen molar-refractivity contribution in [2.75, 3.05) is 0 Å². The molecular weight excluding hydrogens is 382 g/mol. The molecule has 9 nitrogen and oxygen atoms in total. The monoisotopic (exact) mass is 407 g/mol. The summed E-state index contributed by atoms with van der Waals surface area (Å²) in [5.74, 6) is 0.418. The predicted octanol–water partition coefficient (Wildman–Crippen LogP) is 2.06. The van der Waals surface area contributed by atoms with Crippen molar-refractivity contribution in [3.8, 4) is 5.82 Å². The number of carbonyl (C=O) groups excluding carboxylic acids is 1. The SMILES string of the molecule is Cc1cnc(C(=O)NC2CCC(n3nc(-n4nc(C)cc4C)ccc3=O)CC2)cn1. The summed E-state index contributed by atoms with van der Waals surface area (Å²) < 4.78 is 3.31. The van der Waals surface area contributed by atoms with Crippen LogP contribution in [0.25, 0.3) is 5.82 Å². The Bertz CT molecular complexity index is 1110. The van der Waals surface area contributed by atoms with Gasteiger partial charge in [0.25, 0.3) is 11.5 Å². The van der Waals surface area contributed by atoms with Crippen molar-refractivity contribution in [2.24, 2.45) is 0 Å². The van der Waals surface area contributed by atoms with Gasteiger partial charge in [-0.05, 0) is 58.6 Å². The number of aryl methyl sites for hydroxylation is 3. The number of carbonyl (C=O) groups is 1. The van der Waals surface area contributed by atoms with Crippen LogP contribution >= 0.6 is 0 Å². The zero-order valence-corrected chi connectivity index (χ0v) is 17.4. The minimum absolute atomic E-state index is 0.00161. The summed E-state index contributed by atoms with van der Waals surface area (Å²) in [6.07, 6.45) is 6.14. The summed E-state index contributed by atoms with van der Waals surface area (Å²) in [5.41, 5.74) is 2.84. The van der Waals surface area contributed by atoms with E-state index in [4.69, 9.17) is 0 Å². The molecule has 1 aliphatic carbocycles. The van der Waals surface area contributed by atoms with Gasteiger partial charge in [0.2, 0.25) is 0 Å². The van der Waals surface area contributed by atoms with Gasteiger partial charge in [-0.2, -0.15) is 5.10 Å². The highest BCUT2D eigenvalue weighted by atomic mass is 16.2. The van der Waals surface area contributed by atoms with E-state index in [0.717, 1.165) is 42.8 Å². The lowest BCUT2D eigenvalue weighted by molar-refractivity contribution is 0.0916. The summed E-state index contributed by atoms with van der Waals surface area (Å²) in [6, 6.07) is 5.27. The Morgan fingerprint density at radius 1 is 1.00 bits per heavy atom. The van der Waals surface area contributed by atoms with E-state index in [1.54, 1.807) is 27.7 Å². The Hall–Kier alpha value is -3.36. The summed E-state index contributed by atoms with van der Waals surface area (Å²) in [4.78, 5) is 33.1. The average molecular weight is 407 g/mol. The lowest BCUT2D eigenvalue weighted by Gasteiger charge is -2.29. The van der Waals surface area contributed by atoms with Crippen LogP contribution in [-0.2, 0) is 0 Å². The van der Waals surface area contributed by atoms with Crippen LogP contribution in [0.4, 0.5) is 0 Å². The number of amides is 1. The van der Waals surface area contributed by atoms with Gasteiger partial charge in [-0.1, -0.05) is 0 Å². The van der Waals surface area contributed by atoms with Gasteiger partial charge in [0.15, 0.2) is 5.82 Å². The van der Waals surface area contributed by atoms with Gasteiger partial charge in [0.05, 0.1) is 23.6 Å². The molecule has 0 spiro atoms. The van der Waals surface area contributed by atoms with E-state index in [1.165, 1.54) is 6.20 Å². The van der Waals surface area contributed by atoms with Gasteiger partial charge in [-0.15, -0.1) is 5.10 Å². The number of hydrogen-bond donors (Lipinski definition) is 1. The molecule has 1 aliphatic rings. The maximum atomic E-state index is 12.4. The summed E-state index contributed by atoms with van der Waals surface area (Å²) in [7, 11) is 0. The molecular formula is C21H25N7O2. The van der Waals surface area contributed by atoms with E-state index in [1.807, 2.05) is 26.8 Å². The van der Waals surface area contributed by atoms with Crippen LogP contribution in [0.2, 0.25) is 0 Å². The standard InChI is InChI=1S/C21H25N7O2/c1-13-10-15(3)27(25-13)19-8-9-20(29)28(26-19)17-6-4-16(5-7-17)24-21(30)18-12-22-14(2)11-23-18/h8-12,16-17H,4-7H2,1-3H3,(H,24,30). The molecule has 0 aliphatic heterocycles. The summed E-state index contributed by atoms with van der Waals surface area (Å²) in [5, 5.41) is 12.1. The molecule has 0 bridgehead atoms. The smallest absolute Gasteiger partial charge is 0.271 e. The van der Waals surface area contributed by atoms with Crippen molar-refractivity contribution in [1.82, 2.24) is 34.8 Å². The van der Waals surface area contributed by atoms with Crippen LogP contribution in [0.15, 0.2) is 35.4 Å². The quantitative estimate of drug-likeness (QED) is 0.709. The average Bonchev–Trinajstić information content (AvgIpc) is 3.07. The topological polar surface area (TPSA) is 108 Å². The third-order valence-electron chi connectivity index (χ3n) is 5.43. The van der Waals surface area contributed by atoms with Crippen LogP contribution in [-0.4, -0.2) is 41.5 Å². The van der Waals surface area contributed by atoms with Crippen LogP contribution in [0, 0.1) is 20.8 Å². The normalized spacial score (nSPS) is 18.9. The van der Waals surface area contributed by atoms with E-state index >= 15 is 0 Å². The molecule has 1 N–H and O–H groups in total. The van der Waals surface area contributed by atoms with Crippen molar-refractivity contribution in [3.63, 3.8) is 0 Å². The fourth-order valence-corrected chi connectivity index (χ4v) is 3.88. The first-order valence-corrected chi connectivity index (χ1v) is 10.1. The number of nitrogens with one attached hydrogen (secondary N) is 1. The molecule has 30 heavy (non-hydrogen) atoms. The second-order valence-electron chi connectivity index (χ2n) is 7.84. The lowest BCUT2D eigenvalue weighted by atomic mass is 9.91. The van der Waals surface area contributed by atoms with Crippen molar-refractivity contribution in [3.05, 3.63) is 63.7 Å². The Morgan fingerprint density at radius 3 is 2.40 bits per heavy atom. The van der Waals surface area contributed by atoms with E-state index in [9.17, 15) is 9.59 Å². The third kappa shape index (κ3) is 4.14. The first-order valence-electron chi connectivity index (χ1n) is 10.1. The van der Waals surface area contributed by atoms with E-state index in [2.05, 4.69) is 25.5 Å². The Balaban J connectivity index is 1.43. The second-order valence-corrected chi connectivity index (χ2v) is 7.84. The zero-order valence-electron chi connectivity index (χ0n) is 17.4. The molecule has 3 aromatic rings. The van der Waals surface area contributed by atoms with Gasteiger partial charge in [0.1, 0.15) is 5.69 Å². The third-order valence-corrected chi connectivity index (χ3v) is 5.43. The number of hydrogen-bond acceptors (Lipinski definition) is 6. The Kier molecular flexibility index (Phi) is 5.43. The molecule has 0 unspecified atom stereocenters. The number of rotatable bonds is 4. The Labute approximate surface area is 174 Å². The first kappa shape index (κ1) is 19.9. The molecule has 3 heterocycles. The van der Waals surface area contributed by atoms with E-state index in [-0.39, 0.29) is 23.6 Å². The molecule has 0 radical (unpaired) electrons. The molecule has 0 atom stereocenters. The summed E-state index contributed by atoms with van der Waals surface area (Å²) in [6.45, 7) is 5.72. The lowest BCUT2D eigenvalue weighted by Crippen LogP contribution is -2.40. The highest BCUT2D eigenvalue weighted by Crippen LogP contribution is 2.27. The molecule has 0 aromatic carbocycles. The largest absolute Gasteiger partial charge is 0.348 e. The van der Waals surface area contributed by atoms with Gasteiger partial charge >= 0.3 is 0 Å². The highest BCUT2D eigenvalue weighted by molar-refractivity contribution is 5.92. The number of nitrogens with zero attached hydrogens (tertiary/aromatic N) is 6. The fraction of sp³-hybridized carbons (Fsp3) is 0.429. The Morgan fingerprint density at radius 2 is 1.77 bits per heavy atom. The number of aromatic nitrogens is 6. The first-order chi connectivity index (χ1) is 14.4.